The van der Waals surface area contributed by atoms with Crippen molar-refractivity contribution in [1.29, 1.82) is 0 Å². The van der Waals surface area contributed by atoms with Crippen LogP contribution in [-0.4, -0.2) is 55.4 Å². The number of halogens is 2. The van der Waals surface area contributed by atoms with Crippen molar-refractivity contribution < 1.29 is 13.6 Å². The minimum Gasteiger partial charge on any atom is -0.345 e. The van der Waals surface area contributed by atoms with Gasteiger partial charge in [-0.3, -0.25) is 9.69 Å². The van der Waals surface area contributed by atoms with Gasteiger partial charge in [-0.25, -0.2) is 8.78 Å². The molecule has 1 spiro atoms. The van der Waals surface area contributed by atoms with Gasteiger partial charge in [0.15, 0.2) is 0 Å². The van der Waals surface area contributed by atoms with Gasteiger partial charge in [-0.1, -0.05) is 13.8 Å². The molecule has 3 nitrogen and oxygen atoms in total. The lowest BCUT2D eigenvalue weighted by Gasteiger charge is -2.22. The van der Waals surface area contributed by atoms with E-state index in [1.165, 1.54) is 0 Å². The number of hydrogen-bond acceptors (Lipinski definition) is 2. The zero-order valence-corrected chi connectivity index (χ0v) is 10.9. The molecule has 17 heavy (non-hydrogen) atoms. The maximum absolute atomic E-state index is 12.2. The maximum atomic E-state index is 12.2. The van der Waals surface area contributed by atoms with Gasteiger partial charge >= 0.3 is 0 Å². The molecule has 2 aliphatic heterocycles. The molecule has 2 rings (SSSR count). The van der Waals surface area contributed by atoms with Gasteiger partial charge in [-0.2, -0.15) is 0 Å². The number of carbonyl (C=O) groups excluding carboxylic acids is 1. The zero-order chi connectivity index (χ0) is 13.1. The first-order chi connectivity index (χ1) is 8.01. The summed E-state index contributed by atoms with van der Waals surface area (Å²) < 4.78 is 24.4. The van der Waals surface area contributed by atoms with Crippen LogP contribution in [0, 0.1) is 5.41 Å². The Hall–Kier alpha value is -0.710. The molecule has 100 valence electrons. The summed E-state index contributed by atoms with van der Waals surface area (Å²) in [6, 6.07) is 0. The summed E-state index contributed by atoms with van der Waals surface area (Å²) in [6.07, 6.45) is -0.867. The second-order valence-electron chi connectivity index (χ2n) is 4.80. The third-order valence-electron chi connectivity index (χ3n) is 3.44. The highest BCUT2D eigenvalue weighted by Gasteiger charge is 2.46. The molecule has 0 aromatic rings. The number of rotatable bonds is 2. The molecule has 2 fully saturated rings. The van der Waals surface area contributed by atoms with E-state index >= 15 is 0 Å². The standard InChI is InChI=1S/C10H16F2N2O.C2H6/c1-13-6-10(4-9(13)15)2-3-14(7-10)5-8(11)12;1-2/h8H,2-7H2,1H3;1-2H3. The summed E-state index contributed by atoms with van der Waals surface area (Å²) in [6.45, 7) is 5.92. The minimum absolute atomic E-state index is 0.0409. The Bertz CT molecular complexity index is 273. The van der Waals surface area contributed by atoms with Crippen molar-refractivity contribution in [3.8, 4) is 0 Å². The Morgan fingerprint density at radius 1 is 1.35 bits per heavy atom. The Labute approximate surface area is 102 Å². The summed E-state index contributed by atoms with van der Waals surface area (Å²) >= 11 is 0. The van der Waals surface area contributed by atoms with Crippen molar-refractivity contribution in [1.82, 2.24) is 9.80 Å². The highest BCUT2D eigenvalue weighted by atomic mass is 19.3. The van der Waals surface area contributed by atoms with E-state index in [2.05, 4.69) is 0 Å². The molecule has 0 bridgehead atoms. The van der Waals surface area contributed by atoms with Crippen LogP contribution >= 0.6 is 0 Å². The van der Waals surface area contributed by atoms with E-state index in [0.717, 1.165) is 13.0 Å². The molecule has 0 saturated carbocycles. The number of likely N-dealkylation sites (tertiary alicyclic amines) is 2. The van der Waals surface area contributed by atoms with Crippen molar-refractivity contribution >= 4 is 5.91 Å². The normalized spacial score (nSPS) is 29.1. The van der Waals surface area contributed by atoms with Crippen LogP contribution in [0.3, 0.4) is 0 Å². The summed E-state index contributed by atoms with van der Waals surface area (Å²) in [4.78, 5) is 14.9. The van der Waals surface area contributed by atoms with Crippen LogP contribution in [-0.2, 0) is 4.79 Å². The largest absolute Gasteiger partial charge is 0.345 e. The number of amides is 1. The van der Waals surface area contributed by atoms with E-state index in [4.69, 9.17) is 0 Å². The Morgan fingerprint density at radius 3 is 2.47 bits per heavy atom. The van der Waals surface area contributed by atoms with Gasteiger partial charge < -0.3 is 4.90 Å². The van der Waals surface area contributed by atoms with Crippen LogP contribution in [0.5, 0.6) is 0 Å². The van der Waals surface area contributed by atoms with Gasteiger partial charge in [0.05, 0.1) is 6.54 Å². The van der Waals surface area contributed by atoms with E-state index in [0.29, 0.717) is 19.5 Å². The number of alkyl halides is 2. The van der Waals surface area contributed by atoms with Crippen LogP contribution in [0.25, 0.3) is 0 Å². The number of carbonyl (C=O) groups is 1. The summed E-state index contributed by atoms with van der Waals surface area (Å²) in [7, 11) is 1.78. The molecule has 2 aliphatic rings. The molecule has 0 N–H and O–H groups in total. The maximum Gasteiger partial charge on any atom is 0.251 e. The molecule has 1 amide bonds. The average Bonchev–Trinajstić information content (AvgIpc) is 2.75. The lowest BCUT2D eigenvalue weighted by Crippen LogP contribution is -2.32. The molecule has 1 unspecified atom stereocenters. The second-order valence-corrected chi connectivity index (χ2v) is 4.80. The molecule has 0 radical (unpaired) electrons. The van der Waals surface area contributed by atoms with Crippen LogP contribution in [0.2, 0.25) is 0 Å². The quantitative estimate of drug-likeness (QED) is 0.744. The first kappa shape index (κ1) is 14.4. The summed E-state index contributed by atoms with van der Waals surface area (Å²) in [5.74, 6) is 0.147. The zero-order valence-electron chi connectivity index (χ0n) is 10.9. The topological polar surface area (TPSA) is 23.6 Å². The van der Waals surface area contributed by atoms with Crippen LogP contribution in [0.15, 0.2) is 0 Å². The molecular formula is C12H22F2N2O. The minimum atomic E-state index is -2.27. The highest BCUT2D eigenvalue weighted by Crippen LogP contribution is 2.39. The van der Waals surface area contributed by atoms with Crippen molar-refractivity contribution in [2.75, 3.05) is 33.2 Å². The van der Waals surface area contributed by atoms with E-state index in [1.54, 1.807) is 16.8 Å². The van der Waals surface area contributed by atoms with Gasteiger partial charge in [0.25, 0.3) is 6.43 Å². The van der Waals surface area contributed by atoms with Crippen molar-refractivity contribution in [2.45, 2.75) is 33.1 Å². The summed E-state index contributed by atoms with van der Waals surface area (Å²) in [5.41, 5.74) is -0.0409. The number of nitrogens with zero attached hydrogens (tertiary/aromatic N) is 2. The van der Waals surface area contributed by atoms with Gasteiger partial charge in [-0.05, 0) is 13.0 Å². The Kier molecular flexibility index (Phi) is 4.86. The van der Waals surface area contributed by atoms with Crippen LogP contribution < -0.4 is 0 Å². The fourth-order valence-corrected chi connectivity index (χ4v) is 2.76. The second kappa shape index (κ2) is 5.76. The predicted molar refractivity (Wildman–Crippen MR) is 63.1 cm³/mol. The SMILES string of the molecule is CC.CN1CC2(CCN(CC(F)F)C2)CC1=O. The van der Waals surface area contributed by atoms with Crippen molar-refractivity contribution in [3.05, 3.63) is 0 Å². The Morgan fingerprint density at radius 2 is 2.00 bits per heavy atom. The molecule has 0 aromatic carbocycles. The lowest BCUT2D eigenvalue weighted by molar-refractivity contribution is -0.126. The van der Waals surface area contributed by atoms with Crippen LogP contribution in [0.4, 0.5) is 8.78 Å². The van der Waals surface area contributed by atoms with E-state index in [-0.39, 0.29) is 17.9 Å². The van der Waals surface area contributed by atoms with Gasteiger partial charge in [0, 0.05) is 32.0 Å². The fraction of sp³-hybridized carbons (Fsp3) is 0.917. The smallest absolute Gasteiger partial charge is 0.251 e. The first-order valence-corrected chi connectivity index (χ1v) is 6.25. The van der Waals surface area contributed by atoms with Gasteiger partial charge in [0.2, 0.25) is 5.91 Å². The molecule has 2 saturated heterocycles. The third kappa shape index (κ3) is 3.37. The molecule has 0 aliphatic carbocycles. The molecule has 0 aromatic heterocycles. The van der Waals surface area contributed by atoms with Gasteiger partial charge in [-0.15, -0.1) is 0 Å². The molecule has 1 atom stereocenters. The lowest BCUT2D eigenvalue weighted by atomic mass is 9.86. The fourth-order valence-electron chi connectivity index (χ4n) is 2.76. The van der Waals surface area contributed by atoms with E-state index in [9.17, 15) is 13.6 Å². The summed E-state index contributed by atoms with van der Waals surface area (Å²) in [5, 5.41) is 0. The third-order valence-corrected chi connectivity index (χ3v) is 3.44. The molecule has 5 heteroatoms. The van der Waals surface area contributed by atoms with E-state index < -0.39 is 6.43 Å². The predicted octanol–water partition coefficient (Wildman–Crippen LogP) is 1.83. The Balaban J connectivity index is 0.000000686. The molecular weight excluding hydrogens is 226 g/mol. The number of hydrogen-bond donors (Lipinski definition) is 0. The van der Waals surface area contributed by atoms with E-state index in [1.807, 2.05) is 13.8 Å². The highest BCUT2D eigenvalue weighted by molar-refractivity contribution is 5.79. The monoisotopic (exact) mass is 248 g/mol. The van der Waals surface area contributed by atoms with Crippen molar-refractivity contribution in [2.24, 2.45) is 5.41 Å². The average molecular weight is 248 g/mol. The first-order valence-electron chi connectivity index (χ1n) is 6.25. The van der Waals surface area contributed by atoms with Crippen LogP contribution in [0.1, 0.15) is 26.7 Å². The molecule has 2 heterocycles. The van der Waals surface area contributed by atoms with Gasteiger partial charge in [0.1, 0.15) is 0 Å². The van der Waals surface area contributed by atoms with Crippen molar-refractivity contribution in [3.63, 3.8) is 0 Å².